The number of nitrogens with one attached hydrogen (secondary N) is 1. The van der Waals surface area contributed by atoms with Gasteiger partial charge in [-0.3, -0.25) is 4.79 Å². The van der Waals surface area contributed by atoms with Gasteiger partial charge in [-0.1, -0.05) is 35.9 Å². The van der Waals surface area contributed by atoms with Gasteiger partial charge in [-0.05, 0) is 36.2 Å². The maximum Gasteiger partial charge on any atom is 0.251 e. The quantitative estimate of drug-likeness (QED) is 0.799. The van der Waals surface area contributed by atoms with Crippen LogP contribution >= 0.6 is 11.6 Å². The maximum absolute atomic E-state index is 12.4. The molecule has 0 unspecified atom stereocenters. The third-order valence-electron chi connectivity index (χ3n) is 3.61. The standard InChI is InChI=1S/C18H20ClNO4S/c1-3-24-12-15-7-5-4-6-14(15)11-20-18(21)13-8-9-16(19)17(10-13)25(2,22)23/h4-10H,3,11-12H2,1-2H3,(H,20,21). The zero-order chi connectivity index (χ0) is 18.4. The van der Waals surface area contributed by atoms with Crippen molar-refractivity contribution in [1.82, 2.24) is 5.32 Å². The van der Waals surface area contributed by atoms with E-state index in [0.29, 0.717) is 19.8 Å². The number of halogens is 1. The molecule has 0 heterocycles. The van der Waals surface area contributed by atoms with E-state index in [-0.39, 0.29) is 21.4 Å². The highest BCUT2D eigenvalue weighted by molar-refractivity contribution is 7.90. The first-order valence-electron chi connectivity index (χ1n) is 7.75. The second-order valence-electron chi connectivity index (χ2n) is 5.51. The Hall–Kier alpha value is -1.89. The zero-order valence-corrected chi connectivity index (χ0v) is 15.7. The topological polar surface area (TPSA) is 72.5 Å². The van der Waals surface area contributed by atoms with Crippen molar-refractivity contribution in [2.45, 2.75) is 25.0 Å². The highest BCUT2D eigenvalue weighted by atomic mass is 35.5. The first-order chi connectivity index (χ1) is 11.8. The fourth-order valence-corrected chi connectivity index (χ4v) is 3.59. The Morgan fingerprint density at radius 2 is 1.84 bits per heavy atom. The van der Waals surface area contributed by atoms with Crippen molar-refractivity contribution in [2.75, 3.05) is 12.9 Å². The Labute approximate surface area is 152 Å². The molecule has 2 aromatic carbocycles. The van der Waals surface area contributed by atoms with Crippen molar-refractivity contribution in [3.8, 4) is 0 Å². The van der Waals surface area contributed by atoms with Crippen LogP contribution in [0.5, 0.6) is 0 Å². The molecule has 1 N–H and O–H groups in total. The summed E-state index contributed by atoms with van der Waals surface area (Å²) in [6, 6.07) is 11.9. The van der Waals surface area contributed by atoms with Gasteiger partial charge < -0.3 is 10.1 Å². The zero-order valence-electron chi connectivity index (χ0n) is 14.1. The molecule has 2 rings (SSSR count). The molecule has 0 fully saturated rings. The summed E-state index contributed by atoms with van der Waals surface area (Å²) in [5.41, 5.74) is 2.19. The van der Waals surface area contributed by atoms with Crippen LogP contribution in [0.15, 0.2) is 47.4 Å². The van der Waals surface area contributed by atoms with E-state index >= 15 is 0 Å². The van der Waals surface area contributed by atoms with Crippen LogP contribution in [0, 0.1) is 0 Å². The molecule has 0 aliphatic heterocycles. The molecule has 0 aromatic heterocycles. The molecule has 0 spiro atoms. The predicted molar refractivity (Wildman–Crippen MR) is 97.5 cm³/mol. The van der Waals surface area contributed by atoms with Gasteiger partial charge >= 0.3 is 0 Å². The van der Waals surface area contributed by atoms with Crippen molar-refractivity contribution < 1.29 is 17.9 Å². The van der Waals surface area contributed by atoms with E-state index in [9.17, 15) is 13.2 Å². The van der Waals surface area contributed by atoms with Crippen LogP contribution in [-0.4, -0.2) is 27.2 Å². The van der Waals surface area contributed by atoms with E-state index in [1.54, 1.807) is 0 Å². The SMILES string of the molecule is CCOCc1ccccc1CNC(=O)c1ccc(Cl)c(S(C)(=O)=O)c1. The lowest BCUT2D eigenvalue weighted by Gasteiger charge is -2.11. The molecule has 0 aliphatic carbocycles. The fraction of sp³-hybridized carbons (Fsp3) is 0.278. The number of benzene rings is 2. The number of hydrogen-bond donors (Lipinski definition) is 1. The summed E-state index contributed by atoms with van der Waals surface area (Å²) in [6.45, 7) is 3.32. The summed E-state index contributed by atoms with van der Waals surface area (Å²) in [7, 11) is -3.50. The molecule has 25 heavy (non-hydrogen) atoms. The molecule has 134 valence electrons. The van der Waals surface area contributed by atoms with Crippen molar-refractivity contribution in [3.63, 3.8) is 0 Å². The second-order valence-corrected chi connectivity index (χ2v) is 7.90. The largest absolute Gasteiger partial charge is 0.377 e. The van der Waals surface area contributed by atoms with E-state index in [0.717, 1.165) is 17.4 Å². The smallest absolute Gasteiger partial charge is 0.251 e. The third kappa shape index (κ3) is 5.29. The van der Waals surface area contributed by atoms with Gasteiger partial charge in [-0.25, -0.2) is 8.42 Å². The molecule has 5 nitrogen and oxygen atoms in total. The minimum absolute atomic E-state index is 0.0569. The maximum atomic E-state index is 12.4. The van der Waals surface area contributed by atoms with Gasteiger partial charge in [0.15, 0.2) is 9.84 Å². The minimum atomic E-state index is -3.50. The Morgan fingerprint density at radius 1 is 1.16 bits per heavy atom. The van der Waals surface area contributed by atoms with Crippen LogP contribution in [0.25, 0.3) is 0 Å². The van der Waals surface area contributed by atoms with Crippen molar-refractivity contribution in [2.24, 2.45) is 0 Å². The van der Waals surface area contributed by atoms with Gasteiger partial charge in [0.2, 0.25) is 0 Å². The van der Waals surface area contributed by atoms with Crippen LogP contribution < -0.4 is 5.32 Å². The van der Waals surface area contributed by atoms with E-state index in [2.05, 4.69) is 5.32 Å². The first kappa shape index (κ1) is 19.4. The Morgan fingerprint density at radius 3 is 2.48 bits per heavy atom. The van der Waals surface area contributed by atoms with Gasteiger partial charge in [0.1, 0.15) is 0 Å². The lowest BCUT2D eigenvalue weighted by atomic mass is 10.1. The first-order valence-corrected chi connectivity index (χ1v) is 10.0. The van der Waals surface area contributed by atoms with Crippen LogP contribution in [-0.2, 0) is 27.7 Å². The van der Waals surface area contributed by atoms with Gasteiger partial charge in [0, 0.05) is 25.0 Å². The Bertz CT molecular complexity index is 865. The molecule has 0 bridgehead atoms. The number of carbonyl (C=O) groups excluding carboxylic acids is 1. The fourth-order valence-electron chi connectivity index (χ4n) is 2.29. The number of carbonyl (C=O) groups is 1. The van der Waals surface area contributed by atoms with E-state index in [4.69, 9.17) is 16.3 Å². The normalized spacial score (nSPS) is 11.3. The second kappa shape index (κ2) is 8.47. The average Bonchev–Trinajstić information content (AvgIpc) is 2.58. The van der Waals surface area contributed by atoms with Gasteiger partial charge in [0.05, 0.1) is 16.5 Å². The molecule has 0 saturated heterocycles. The molecule has 0 saturated carbocycles. The number of amides is 1. The summed E-state index contributed by atoms with van der Waals surface area (Å²) in [4.78, 5) is 12.3. The molecule has 1 amide bonds. The summed E-state index contributed by atoms with van der Waals surface area (Å²) in [5, 5.41) is 2.90. The van der Waals surface area contributed by atoms with Crippen LogP contribution in [0.3, 0.4) is 0 Å². The predicted octanol–water partition coefficient (Wildman–Crippen LogP) is 3.21. The third-order valence-corrected chi connectivity index (χ3v) is 5.19. The number of ether oxygens (including phenoxy) is 1. The highest BCUT2D eigenvalue weighted by Crippen LogP contribution is 2.22. The number of rotatable bonds is 7. The molecule has 0 aliphatic rings. The molecule has 0 radical (unpaired) electrons. The minimum Gasteiger partial charge on any atom is -0.377 e. The Balaban J connectivity index is 2.14. The lowest BCUT2D eigenvalue weighted by molar-refractivity contribution is 0.0949. The van der Waals surface area contributed by atoms with Crippen LogP contribution in [0.4, 0.5) is 0 Å². The van der Waals surface area contributed by atoms with E-state index in [1.807, 2.05) is 31.2 Å². The van der Waals surface area contributed by atoms with E-state index < -0.39 is 9.84 Å². The number of sulfone groups is 1. The molecule has 2 aromatic rings. The van der Waals surface area contributed by atoms with Gasteiger partial charge in [-0.15, -0.1) is 0 Å². The van der Waals surface area contributed by atoms with Crippen molar-refractivity contribution in [3.05, 3.63) is 64.2 Å². The summed E-state index contributed by atoms with van der Waals surface area (Å²) in [6.07, 6.45) is 1.06. The molecule has 0 atom stereocenters. The average molecular weight is 382 g/mol. The van der Waals surface area contributed by atoms with E-state index in [1.165, 1.54) is 18.2 Å². The van der Waals surface area contributed by atoms with Crippen molar-refractivity contribution >= 4 is 27.3 Å². The summed E-state index contributed by atoms with van der Waals surface area (Å²) in [5.74, 6) is -0.368. The summed E-state index contributed by atoms with van der Waals surface area (Å²) < 4.78 is 28.9. The van der Waals surface area contributed by atoms with Gasteiger partial charge in [0.25, 0.3) is 5.91 Å². The van der Waals surface area contributed by atoms with Crippen molar-refractivity contribution in [1.29, 1.82) is 0 Å². The van der Waals surface area contributed by atoms with Crippen LogP contribution in [0.2, 0.25) is 5.02 Å². The lowest BCUT2D eigenvalue weighted by Crippen LogP contribution is -2.23. The molecular weight excluding hydrogens is 362 g/mol. The molecular formula is C18H20ClNO4S. The highest BCUT2D eigenvalue weighted by Gasteiger charge is 2.16. The van der Waals surface area contributed by atoms with Gasteiger partial charge in [-0.2, -0.15) is 0 Å². The Kier molecular flexibility index (Phi) is 6.58. The monoisotopic (exact) mass is 381 g/mol. The number of hydrogen-bond acceptors (Lipinski definition) is 4. The molecule has 7 heteroatoms. The van der Waals surface area contributed by atoms with Crippen LogP contribution in [0.1, 0.15) is 28.4 Å². The summed E-state index contributed by atoms with van der Waals surface area (Å²) >= 11 is 5.90.